The monoisotopic (exact) mass is 201 g/mol. The zero-order chi connectivity index (χ0) is 10.7. The molecule has 0 saturated carbocycles. The maximum atomic E-state index is 5.95. The molecule has 1 atom stereocenters. The van der Waals surface area contributed by atoms with E-state index in [4.69, 9.17) is 10.5 Å². The maximum Gasteiger partial charge on any atom is 0.149 e. The minimum Gasteiger partial charge on any atom is -0.481 e. The molecule has 2 heteroatoms. The molecule has 2 N–H and O–H groups in total. The molecule has 0 heterocycles. The third-order valence-corrected chi connectivity index (χ3v) is 2.73. The van der Waals surface area contributed by atoms with Gasteiger partial charge in [-0.15, -0.1) is 5.92 Å². The molecule has 0 saturated heterocycles. The summed E-state index contributed by atoms with van der Waals surface area (Å²) in [7, 11) is 0. The molecule has 1 aromatic rings. The van der Waals surface area contributed by atoms with Gasteiger partial charge in [0.2, 0.25) is 0 Å². The van der Waals surface area contributed by atoms with E-state index < -0.39 is 0 Å². The van der Waals surface area contributed by atoms with Gasteiger partial charge in [-0.3, -0.25) is 0 Å². The van der Waals surface area contributed by atoms with Crippen molar-refractivity contribution in [2.75, 3.05) is 6.61 Å². The molecular formula is C13H15NO. The average molecular weight is 201 g/mol. The molecule has 0 radical (unpaired) electrons. The standard InChI is InChI=1S/C13H15NO/c1-2-3-8-15-11-5-6-12-10(9-11)4-7-13(12)14/h5-6,9,13H,4,7-8,14H2,1H3. The zero-order valence-electron chi connectivity index (χ0n) is 8.92. The van der Waals surface area contributed by atoms with Crippen molar-refractivity contribution in [3.63, 3.8) is 0 Å². The lowest BCUT2D eigenvalue weighted by Gasteiger charge is -2.07. The van der Waals surface area contributed by atoms with E-state index in [1.807, 2.05) is 13.0 Å². The third kappa shape index (κ3) is 2.14. The van der Waals surface area contributed by atoms with Crippen LogP contribution in [0.25, 0.3) is 0 Å². The highest BCUT2D eigenvalue weighted by atomic mass is 16.5. The fourth-order valence-electron chi connectivity index (χ4n) is 1.91. The Bertz CT molecular complexity index is 414. The van der Waals surface area contributed by atoms with Gasteiger partial charge < -0.3 is 10.5 Å². The summed E-state index contributed by atoms with van der Waals surface area (Å²) in [4.78, 5) is 0. The summed E-state index contributed by atoms with van der Waals surface area (Å²) in [6, 6.07) is 6.34. The van der Waals surface area contributed by atoms with E-state index in [2.05, 4.69) is 24.0 Å². The normalized spacial score (nSPS) is 17.9. The topological polar surface area (TPSA) is 35.2 Å². The Kier molecular flexibility index (Phi) is 2.94. The number of hydrogen-bond donors (Lipinski definition) is 1. The van der Waals surface area contributed by atoms with Crippen LogP contribution in [0.15, 0.2) is 18.2 Å². The molecule has 1 unspecified atom stereocenters. The lowest BCUT2D eigenvalue weighted by Crippen LogP contribution is -2.05. The summed E-state index contributed by atoms with van der Waals surface area (Å²) >= 11 is 0. The van der Waals surface area contributed by atoms with Crippen molar-refractivity contribution in [1.29, 1.82) is 0 Å². The van der Waals surface area contributed by atoms with E-state index in [0.717, 1.165) is 18.6 Å². The molecule has 0 spiro atoms. The van der Waals surface area contributed by atoms with Crippen LogP contribution in [0.2, 0.25) is 0 Å². The first kappa shape index (κ1) is 10.1. The minimum absolute atomic E-state index is 0.212. The van der Waals surface area contributed by atoms with Crippen LogP contribution in [0.3, 0.4) is 0 Å². The zero-order valence-corrected chi connectivity index (χ0v) is 8.92. The van der Waals surface area contributed by atoms with Crippen molar-refractivity contribution in [1.82, 2.24) is 0 Å². The number of ether oxygens (including phenoxy) is 1. The third-order valence-electron chi connectivity index (χ3n) is 2.73. The van der Waals surface area contributed by atoms with E-state index in [-0.39, 0.29) is 6.04 Å². The molecule has 0 fully saturated rings. The van der Waals surface area contributed by atoms with E-state index in [1.165, 1.54) is 11.1 Å². The number of rotatable bonds is 2. The first-order valence-corrected chi connectivity index (χ1v) is 5.22. The van der Waals surface area contributed by atoms with Crippen molar-refractivity contribution in [3.05, 3.63) is 29.3 Å². The first-order chi connectivity index (χ1) is 7.31. The van der Waals surface area contributed by atoms with Gasteiger partial charge in [-0.1, -0.05) is 12.0 Å². The summed E-state index contributed by atoms with van der Waals surface area (Å²) in [5, 5.41) is 0. The Labute approximate surface area is 90.4 Å². The summed E-state index contributed by atoms with van der Waals surface area (Å²) in [6.45, 7) is 2.27. The molecule has 2 rings (SSSR count). The predicted molar refractivity (Wildman–Crippen MR) is 60.6 cm³/mol. The summed E-state index contributed by atoms with van der Waals surface area (Å²) in [6.07, 6.45) is 2.11. The van der Waals surface area contributed by atoms with E-state index >= 15 is 0 Å². The van der Waals surface area contributed by atoms with Crippen LogP contribution in [0.1, 0.15) is 30.5 Å². The molecule has 0 amide bonds. The van der Waals surface area contributed by atoms with Crippen molar-refractivity contribution in [2.24, 2.45) is 5.73 Å². The Hall–Kier alpha value is -1.46. The second-order valence-corrected chi connectivity index (χ2v) is 3.72. The molecule has 0 aliphatic heterocycles. The molecule has 1 aliphatic rings. The minimum atomic E-state index is 0.212. The van der Waals surface area contributed by atoms with Crippen molar-refractivity contribution >= 4 is 0 Å². The van der Waals surface area contributed by atoms with Crippen molar-refractivity contribution < 1.29 is 4.74 Å². The SMILES string of the molecule is CC#CCOc1ccc2c(c1)CCC2N. The van der Waals surface area contributed by atoms with Crippen LogP contribution >= 0.6 is 0 Å². The molecule has 0 bridgehead atoms. The molecule has 1 aromatic carbocycles. The average Bonchev–Trinajstić information content (AvgIpc) is 2.61. The van der Waals surface area contributed by atoms with Gasteiger partial charge in [-0.2, -0.15) is 0 Å². The number of hydrogen-bond acceptors (Lipinski definition) is 2. The lowest BCUT2D eigenvalue weighted by atomic mass is 10.1. The van der Waals surface area contributed by atoms with E-state index in [1.54, 1.807) is 0 Å². The largest absolute Gasteiger partial charge is 0.481 e. The van der Waals surface area contributed by atoms with Crippen LogP contribution in [0.5, 0.6) is 5.75 Å². The Balaban J connectivity index is 2.11. The summed E-state index contributed by atoms with van der Waals surface area (Å²) in [5.41, 5.74) is 8.55. The van der Waals surface area contributed by atoms with Gasteiger partial charge in [0.15, 0.2) is 0 Å². The number of benzene rings is 1. The second kappa shape index (κ2) is 4.37. The van der Waals surface area contributed by atoms with Crippen LogP contribution < -0.4 is 10.5 Å². The quantitative estimate of drug-likeness (QED) is 0.743. The molecule has 15 heavy (non-hydrogen) atoms. The van der Waals surface area contributed by atoms with Crippen molar-refractivity contribution in [3.8, 4) is 17.6 Å². The first-order valence-electron chi connectivity index (χ1n) is 5.22. The molecule has 78 valence electrons. The van der Waals surface area contributed by atoms with Gasteiger partial charge >= 0.3 is 0 Å². The Morgan fingerprint density at radius 2 is 2.40 bits per heavy atom. The van der Waals surface area contributed by atoms with Gasteiger partial charge in [0.1, 0.15) is 12.4 Å². The van der Waals surface area contributed by atoms with Crippen LogP contribution in [-0.2, 0) is 6.42 Å². The van der Waals surface area contributed by atoms with Crippen LogP contribution in [0.4, 0.5) is 0 Å². The van der Waals surface area contributed by atoms with Gasteiger partial charge in [0.25, 0.3) is 0 Å². The van der Waals surface area contributed by atoms with Crippen molar-refractivity contribution in [2.45, 2.75) is 25.8 Å². The Morgan fingerprint density at radius 1 is 1.53 bits per heavy atom. The fraction of sp³-hybridized carbons (Fsp3) is 0.385. The van der Waals surface area contributed by atoms with E-state index in [9.17, 15) is 0 Å². The Morgan fingerprint density at radius 3 is 3.20 bits per heavy atom. The van der Waals surface area contributed by atoms with Gasteiger partial charge in [-0.05, 0) is 43.0 Å². The lowest BCUT2D eigenvalue weighted by molar-refractivity contribution is 0.370. The number of fused-ring (bicyclic) bond motifs is 1. The molecule has 2 nitrogen and oxygen atoms in total. The molecule has 0 aromatic heterocycles. The number of aryl methyl sites for hydroxylation is 1. The van der Waals surface area contributed by atoms with Gasteiger partial charge in [-0.25, -0.2) is 0 Å². The number of nitrogens with two attached hydrogens (primary N) is 1. The summed E-state index contributed by atoms with van der Waals surface area (Å²) < 4.78 is 5.49. The maximum absolute atomic E-state index is 5.95. The van der Waals surface area contributed by atoms with E-state index in [0.29, 0.717) is 6.61 Å². The van der Waals surface area contributed by atoms with Gasteiger partial charge in [0.05, 0.1) is 0 Å². The smallest absolute Gasteiger partial charge is 0.149 e. The molecule has 1 aliphatic carbocycles. The van der Waals surface area contributed by atoms with Crippen LogP contribution in [-0.4, -0.2) is 6.61 Å². The highest BCUT2D eigenvalue weighted by molar-refractivity contribution is 5.40. The fourth-order valence-corrected chi connectivity index (χ4v) is 1.91. The second-order valence-electron chi connectivity index (χ2n) is 3.72. The summed E-state index contributed by atoms with van der Waals surface area (Å²) in [5.74, 6) is 6.57. The predicted octanol–water partition coefficient (Wildman–Crippen LogP) is 2.03. The highest BCUT2D eigenvalue weighted by Crippen LogP contribution is 2.31. The van der Waals surface area contributed by atoms with Gasteiger partial charge in [0, 0.05) is 6.04 Å². The highest BCUT2D eigenvalue weighted by Gasteiger charge is 2.18. The molecular weight excluding hydrogens is 186 g/mol. The van der Waals surface area contributed by atoms with Crippen LogP contribution in [0, 0.1) is 11.8 Å².